The van der Waals surface area contributed by atoms with Crippen LogP contribution in [0.2, 0.25) is 0 Å². The van der Waals surface area contributed by atoms with E-state index < -0.39 is 10.0 Å². The van der Waals surface area contributed by atoms with Gasteiger partial charge in [-0.3, -0.25) is 9.69 Å². The first-order chi connectivity index (χ1) is 19.4. The number of amides is 1. The number of carbonyl (C=O) groups excluding carboxylic acids is 1. The van der Waals surface area contributed by atoms with Crippen LogP contribution in [-0.2, 0) is 14.8 Å². The Kier molecular flexibility index (Phi) is 8.88. The summed E-state index contributed by atoms with van der Waals surface area (Å²) < 4.78 is 33.7. The van der Waals surface area contributed by atoms with Crippen LogP contribution < -0.4 is 4.74 Å². The number of sulfonamides is 1. The van der Waals surface area contributed by atoms with Crippen LogP contribution in [0.25, 0.3) is 0 Å². The fourth-order valence-corrected chi connectivity index (χ4v) is 7.49. The summed E-state index contributed by atoms with van der Waals surface area (Å²) in [6, 6.07) is 26.2. The van der Waals surface area contributed by atoms with Gasteiger partial charge >= 0.3 is 0 Å². The monoisotopic (exact) mass is 561 g/mol. The molecule has 2 aliphatic heterocycles. The molecule has 0 unspecified atom stereocenters. The second-order valence-corrected chi connectivity index (χ2v) is 12.6. The van der Waals surface area contributed by atoms with Gasteiger partial charge in [0.15, 0.2) is 0 Å². The van der Waals surface area contributed by atoms with Crippen LogP contribution in [0.15, 0.2) is 83.8 Å². The molecule has 3 aromatic carbocycles. The van der Waals surface area contributed by atoms with E-state index in [1.165, 1.54) is 15.4 Å². The van der Waals surface area contributed by atoms with E-state index in [4.69, 9.17) is 4.74 Å². The molecule has 1 amide bonds. The summed E-state index contributed by atoms with van der Waals surface area (Å²) in [6.07, 6.45) is 1.09. The van der Waals surface area contributed by atoms with E-state index in [9.17, 15) is 13.2 Å². The number of nitrogens with zero attached hydrogens (tertiary/aromatic N) is 3. The largest absolute Gasteiger partial charge is 0.494 e. The van der Waals surface area contributed by atoms with Gasteiger partial charge in [0.1, 0.15) is 5.75 Å². The summed E-state index contributed by atoms with van der Waals surface area (Å²) in [5, 5.41) is 0. The van der Waals surface area contributed by atoms with Crippen molar-refractivity contribution in [3.8, 4) is 5.75 Å². The summed E-state index contributed by atoms with van der Waals surface area (Å²) in [7, 11) is -3.61. The Bertz CT molecular complexity index is 1340. The number of aryl methyl sites for hydroxylation is 1. The zero-order chi connectivity index (χ0) is 28.1. The predicted molar refractivity (Wildman–Crippen MR) is 157 cm³/mol. The van der Waals surface area contributed by atoms with Crippen LogP contribution >= 0.6 is 0 Å². The molecule has 0 aliphatic carbocycles. The minimum absolute atomic E-state index is 0.140. The van der Waals surface area contributed by atoms with Crippen molar-refractivity contribution in [2.45, 2.75) is 37.6 Å². The molecule has 5 rings (SSSR count). The molecule has 212 valence electrons. The van der Waals surface area contributed by atoms with E-state index in [1.807, 2.05) is 30.9 Å². The maximum atomic E-state index is 13.5. The molecule has 2 fully saturated rings. The molecule has 0 N–H and O–H groups in total. The second-order valence-electron chi connectivity index (χ2n) is 10.6. The molecule has 2 saturated heterocycles. The lowest BCUT2D eigenvalue weighted by Crippen LogP contribution is -2.52. The van der Waals surface area contributed by atoms with Gasteiger partial charge in [0.25, 0.3) is 0 Å². The normalized spacial score (nSPS) is 17.7. The van der Waals surface area contributed by atoms with E-state index in [0.29, 0.717) is 51.4 Å². The maximum Gasteiger partial charge on any atom is 0.243 e. The number of hydrogen-bond donors (Lipinski definition) is 0. The molecule has 0 radical (unpaired) electrons. The zero-order valence-corrected chi connectivity index (χ0v) is 24.2. The molecule has 7 nitrogen and oxygen atoms in total. The first-order valence-corrected chi connectivity index (χ1v) is 15.7. The Morgan fingerprint density at radius 1 is 0.850 bits per heavy atom. The SMILES string of the molecule is CCOc1ccc(S(=O)(=O)N2CCC(C(=O)N3CCN(C(c4ccccc4)c4ccccc4)CC3)CC2)cc1C. The van der Waals surface area contributed by atoms with Crippen molar-refractivity contribution in [1.82, 2.24) is 14.1 Å². The Hall–Kier alpha value is -3.20. The van der Waals surface area contributed by atoms with Gasteiger partial charge in [-0.05, 0) is 61.6 Å². The second kappa shape index (κ2) is 12.5. The predicted octanol–water partition coefficient (Wildman–Crippen LogP) is 4.73. The van der Waals surface area contributed by atoms with Crippen LogP contribution in [0.1, 0.15) is 42.5 Å². The number of piperazine rings is 1. The molecule has 0 bridgehead atoms. The van der Waals surface area contributed by atoms with Gasteiger partial charge in [-0.1, -0.05) is 60.7 Å². The molecule has 0 saturated carbocycles. The lowest BCUT2D eigenvalue weighted by atomic mass is 9.95. The van der Waals surface area contributed by atoms with E-state index >= 15 is 0 Å². The molecular formula is C32H39N3O4S. The van der Waals surface area contributed by atoms with Crippen molar-refractivity contribution in [3.63, 3.8) is 0 Å². The standard InChI is InChI=1S/C32H39N3O4S/c1-3-39-30-15-14-29(24-25(30)2)40(37,38)35-18-16-28(17-19-35)32(36)34-22-20-33(21-23-34)31(26-10-6-4-7-11-26)27-12-8-5-9-13-27/h4-15,24,28,31H,3,16-23H2,1-2H3. The number of rotatable bonds is 8. The van der Waals surface area contributed by atoms with Gasteiger partial charge in [0.2, 0.25) is 15.9 Å². The topological polar surface area (TPSA) is 70.2 Å². The molecule has 3 aromatic rings. The van der Waals surface area contributed by atoms with E-state index in [-0.39, 0.29) is 22.8 Å². The Morgan fingerprint density at radius 2 is 1.43 bits per heavy atom. The van der Waals surface area contributed by atoms with Crippen molar-refractivity contribution < 1.29 is 17.9 Å². The summed E-state index contributed by atoms with van der Waals surface area (Å²) in [6.45, 7) is 7.96. The van der Waals surface area contributed by atoms with Crippen molar-refractivity contribution >= 4 is 15.9 Å². The first-order valence-electron chi connectivity index (χ1n) is 14.2. The van der Waals surface area contributed by atoms with Gasteiger partial charge in [0, 0.05) is 45.2 Å². The zero-order valence-electron chi connectivity index (χ0n) is 23.4. The quantitative estimate of drug-likeness (QED) is 0.398. The molecule has 0 atom stereocenters. The van der Waals surface area contributed by atoms with Crippen molar-refractivity contribution in [2.24, 2.45) is 5.92 Å². The molecule has 0 spiro atoms. The van der Waals surface area contributed by atoms with Crippen LogP contribution in [0.3, 0.4) is 0 Å². The van der Waals surface area contributed by atoms with Crippen molar-refractivity contribution in [1.29, 1.82) is 0 Å². The highest BCUT2D eigenvalue weighted by Crippen LogP contribution is 2.31. The van der Waals surface area contributed by atoms with Crippen molar-refractivity contribution in [3.05, 3.63) is 95.6 Å². The summed E-state index contributed by atoms with van der Waals surface area (Å²) in [4.78, 5) is 18.2. The number of carbonyl (C=O) groups is 1. The third-order valence-electron chi connectivity index (χ3n) is 8.11. The summed E-state index contributed by atoms with van der Waals surface area (Å²) in [5.41, 5.74) is 3.31. The van der Waals surface area contributed by atoms with Gasteiger partial charge in [-0.15, -0.1) is 0 Å². The van der Waals surface area contributed by atoms with E-state index in [0.717, 1.165) is 18.7 Å². The van der Waals surface area contributed by atoms with Gasteiger partial charge in [-0.25, -0.2) is 8.42 Å². The lowest BCUT2D eigenvalue weighted by Gasteiger charge is -2.41. The number of hydrogen-bond acceptors (Lipinski definition) is 5. The number of benzene rings is 3. The van der Waals surface area contributed by atoms with Gasteiger partial charge in [0.05, 0.1) is 17.5 Å². The van der Waals surface area contributed by atoms with E-state index in [2.05, 4.69) is 53.4 Å². The highest BCUT2D eigenvalue weighted by atomic mass is 32.2. The Labute approximate surface area is 238 Å². The Morgan fingerprint density at radius 3 is 1.95 bits per heavy atom. The van der Waals surface area contributed by atoms with Crippen LogP contribution in [-0.4, -0.2) is 74.3 Å². The van der Waals surface area contributed by atoms with E-state index in [1.54, 1.807) is 18.2 Å². The number of ether oxygens (including phenoxy) is 1. The Balaban J connectivity index is 1.18. The minimum atomic E-state index is -3.61. The van der Waals surface area contributed by atoms with Crippen LogP contribution in [0.4, 0.5) is 0 Å². The average Bonchev–Trinajstić information content (AvgIpc) is 2.99. The highest BCUT2D eigenvalue weighted by molar-refractivity contribution is 7.89. The fraction of sp³-hybridized carbons (Fsp3) is 0.406. The molecule has 2 heterocycles. The third-order valence-corrected chi connectivity index (χ3v) is 10.0. The van der Waals surface area contributed by atoms with Crippen LogP contribution in [0, 0.1) is 12.8 Å². The van der Waals surface area contributed by atoms with Gasteiger partial charge in [-0.2, -0.15) is 4.31 Å². The molecular weight excluding hydrogens is 522 g/mol. The average molecular weight is 562 g/mol. The minimum Gasteiger partial charge on any atom is -0.494 e. The maximum absolute atomic E-state index is 13.5. The molecule has 40 heavy (non-hydrogen) atoms. The smallest absolute Gasteiger partial charge is 0.243 e. The summed E-state index contributed by atoms with van der Waals surface area (Å²) in [5.74, 6) is 0.716. The molecule has 0 aromatic heterocycles. The molecule has 8 heteroatoms. The third kappa shape index (κ3) is 6.09. The lowest BCUT2D eigenvalue weighted by molar-refractivity contribution is -0.138. The van der Waals surface area contributed by atoms with Gasteiger partial charge < -0.3 is 9.64 Å². The fourth-order valence-electron chi connectivity index (χ4n) is 5.94. The van der Waals surface area contributed by atoms with Crippen molar-refractivity contribution in [2.75, 3.05) is 45.9 Å². The first kappa shape index (κ1) is 28.3. The molecule has 2 aliphatic rings. The summed E-state index contributed by atoms with van der Waals surface area (Å²) >= 11 is 0. The highest BCUT2D eigenvalue weighted by Gasteiger charge is 2.36. The van der Waals surface area contributed by atoms with Crippen LogP contribution in [0.5, 0.6) is 5.75 Å². The number of piperidine rings is 1.